The summed E-state index contributed by atoms with van der Waals surface area (Å²) in [4.78, 5) is 29.1. The van der Waals surface area contributed by atoms with E-state index in [9.17, 15) is 4.79 Å². The fourth-order valence-electron chi connectivity index (χ4n) is 2.73. The summed E-state index contributed by atoms with van der Waals surface area (Å²) in [5, 5.41) is 0. The highest BCUT2D eigenvalue weighted by Gasteiger charge is 2.33. The standard InChI is InChI=1S/C15H19N5O2/c1-19(2)9-11-5-6-17-14(18-11)12-4-3-7-20(12)15(21)13-8-16-10-22-13/h5-6,8,10,12H,3-4,7,9H2,1-2H3. The van der Waals surface area contributed by atoms with Crippen LogP contribution in [0, 0.1) is 0 Å². The lowest BCUT2D eigenvalue weighted by Crippen LogP contribution is -2.31. The van der Waals surface area contributed by atoms with Crippen molar-refractivity contribution in [3.05, 3.63) is 42.1 Å². The van der Waals surface area contributed by atoms with Gasteiger partial charge in [-0.3, -0.25) is 4.79 Å². The van der Waals surface area contributed by atoms with Gasteiger partial charge in [0.1, 0.15) is 0 Å². The van der Waals surface area contributed by atoms with Gasteiger partial charge in [0, 0.05) is 19.3 Å². The van der Waals surface area contributed by atoms with E-state index >= 15 is 0 Å². The molecule has 0 spiro atoms. The maximum atomic E-state index is 12.5. The van der Waals surface area contributed by atoms with Gasteiger partial charge in [-0.2, -0.15) is 0 Å². The van der Waals surface area contributed by atoms with Crippen LogP contribution in [0.1, 0.15) is 41.0 Å². The molecule has 7 heteroatoms. The van der Waals surface area contributed by atoms with Crippen molar-refractivity contribution in [1.29, 1.82) is 0 Å². The number of carbonyl (C=O) groups excluding carboxylic acids is 1. The van der Waals surface area contributed by atoms with Crippen LogP contribution in [0.3, 0.4) is 0 Å². The van der Waals surface area contributed by atoms with Crippen molar-refractivity contribution in [3.63, 3.8) is 0 Å². The molecule has 2 aromatic heterocycles. The summed E-state index contributed by atoms with van der Waals surface area (Å²) in [7, 11) is 3.99. The molecule has 0 N–H and O–H groups in total. The summed E-state index contributed by atoms with van der Waals surface area (Å²) >= 11 is 0. The fourth-order valence-corrected chi connectivity index (χ4v) is 2.73. The average Bonchev–Trinajstić information content (AvgIpc) is 3.18. The van der Waals surface area contributed by atoms with Gasteiger partial charge >= 0.3 is 0 Å². The Hall–Kier alpha value is -2.28. The van der Waals surface area contributed by atoms with Crippen molar-refractivity contribution < 1.29 is 9.21 Å². The quantitative estimate of drug-likeness (QED) is 0.852. The van der Waals surface area contributed by atoms with E-state index in [1.165, 1.54) is 12.6 Å². The van der Waals surface area contributed by atoms with E-state index in [2.05, 4.69) is 19.9 Å². The van der Waals surface area contributed by atoms with Crippen LogP contribution < -0.4 is 0 Å². The van der Waals surface area contributed by atoms with Crippen LogP contribution in [-0.2, 0) is 6.54 Å². The summed E-state index contributed by atoms with van der Waals surface area (Å²) in [6.45, 7) is 1.43. The molecule has 7 nitrogen and oxygen atoms in total. The molecule has 1 aliphatic heterocycles. The lowest BCUT2D eigenvalue weighted by Gasteiger charge is -2.22. The van der Waals surface area contributed by atoms with E-state index in [4.69, 9.17) is 4.42 Å². The average molecular weight is 301 g/mol. The molecule has 0 aliphatic carbocycles. The first-order valence-electron chi connectivity index (χ1n) is 7.31. The molecule has 1 unspecified atom stereocenters. The molecular weight excluding hydrogens is 282 g/mol. The summed E-state index contributed by atoms with van der Waals surface area (Å²) in [6.07, 6.45) is 6.28. The number of nitrogens with zero attached hydrogens (tertiary/aromatic N) is 5. The highest BCUT2D eigenvalue weighted by Crippen LogP contribution is 2.31. The van der Waals surface area contributed by atoms with Gasteiger partial charge in [-0.25, -0.2) is 15.0 Å². The molecule has 1 saturated heterocycles. The fraction of sp³-hybridized carbons (Fsp3) is 0.467. The smallest absolute Gasteiger partial charge is 0.291 e. The molecule has 1 atom stereocenters. The number of hydrogen-bond donors (Lipinski definition) is 0. The van der Waals surface area contributed by atoms with Gasteiger partial charge in [0.15, 0.2) is 12.2 Å². The molecule has 3 heterocycles. The number of hydrogen-bond acceptors (Lipinski definition) is 6. The molecule has 1 amide bonds. The second kappa shape index (κ2) is 6.23. The summed E-state index contributed by atoms with van der Waals surface area (Å²) in [5.41, 5.74) is 0.953. The Labute approximate surface area is 129 Å². The van der Waals surface area contributed by atoms with Crippen LogP contribution >= 0.6 is 0 Å². The monoisotopic (exact) mass is 301 g/mol. The van der Waals surface area contributed by atoms with E-state index in [-0.39, 0.29) is 17.7 Å². The molecular formula is C15H19N5O2. The highest BCUT2D eigenvalue weighted by molar-refractivity contribution is 5.91. The predicted octanol–water partition coefficient (Wildman–Crippen LogP) is 1.50. The highest BCUT2D eigenvalue weighted by atomic mass is 16.3. The van der Waals surface area contributed by atoms with Gasteiger partial charge in [0.25, 0.3) is 5.91 Å². The summed E-state index contributed by atoms with van der Waals surface area (Å²) in [5.74, 6) is 0.808. The molecule has 0 saturated carbocycles. The van der Waals surface area contributed by atoms with Crippen LogP contribution in [0.5, 0.6) is 0 Å². The van der Waals surface area contributed by atoms with Crippen molar-refractivity contribution in [2.24, 2.45) is 0 Å². The minimum absolute atomic E-state index is 0.0975. The first-order valence-corrected chi connectivity index (χ1v) is 7.31. The van der Waals surface area contributed by atoms with Crippen molar-refractivity contribution in [3.8, 4) is 0 Å². The Morgan fingerprint density at radius 1 is 1.50 bits per heavy atom. The van der Waals surface area contributed by atoms with E-state index < -0.39 is 0 Å². The Bertz CT molecular complexity index is 641. The molecule has 0 aromatic carbocycles. The third-order valence-electron chi connectivity index (χ3n) is 3.66. The Kier molecular flexibility index (Phi) is 4.15. The minimum Gasteiger partial charge on any atom is -0.438 e. The first-order chi connectivity index (χ1) is 10.6. The first kappa shape index (κ1) is 14.6. The van der Waals surface area contributed by atoms with Crippen LogP contribution in [0.25, 0.3) is 0 Å². The SMILES string of the molecule is CN(C)Cc1ccnc(C2CCCN2C(=O)c2cnco2)n1. The Morgan fingerprint density at radius 2 is 2.36 bits per heavy atom. The zero-order valence-electron chi connectivity index (χ0n) is 12.8. The maximum Gasteiger partial charge on any atom is 0.291 e. The van der Waals surface area contributed by atoms with Crippen molar-refractivity contribution in [2.75, 3.05) is 20.6 Å². The zero-order chi connectivity index (χ0) is 15.5. The van der Waals surface area contributed by atoms with Gasteiger partial charge in [-0.05, 0) is 33.0 Å². The molecule has 0 bridgehead atoms. The minimum atomic E-state index is -0.151. The third kappa shape index (κ3) is 2.99. The molecule has 22 heavy (non-hydrogen) atoms. The van der Waals surface area contributed by atoms with Crippen LogP contribution in [-0.4, -0.2) is 51.3 Å². The maximum absolute atomic E-state index is 12.5. The Morgan fingerprint density at radius 3 is 3.09 bits per heavy atom. The lowest BCUT2D eigenvalue weighted by molar-refractivity contribution is 0.0697. The van der Waals surface area contributed by atoms with E-state index in [0.717, 1.165) is 25.1 Å². The number of carbonyl (C=O) groups is 1. The molecule has 2 aromatic rings. The van der Waals surface area contributed by atoms with Crippen molar-refractivity contribution in [1.82, 2.24) is 24.8 Å². The van der Waals surface area contributed by atoms with Gasteiger partial charge in [-0.15, -0.1) is 0 Å². The number of amides is 1. The lowest BCUT2D eigenvalue weighted by atomic mass is 10.2. The number of likely N-dealkylation sites (tertiary alicyclic amines) is 1. The molecule has 3 rings (SSSR count). The number of aromatic nitrogens is 3. The van der Waals surface area contributed by atoms with Gasteiger partial charge < -0.3 is 14.2 Å². The second-order valence-electron chi connectivity index (χ2n) is 5.67. The third-order valence-corrected chi connectivity index (χ3v) is 3.66. The van der Waals surface area contributed by atoms with Crippen molar-refractivity contribution >= 4 is 5.91 Å². The topological polar surface area (TPSA) is 75.4 Å². The summed E-state index contributed by atoms with van der Waals surface area (Å²) in [6, 6.07) is 1.81. The van der Waals surface area contributed by atoms with Crippen LogP contribution in [0.2, 0.25) is 0 Å². The van der Waals surface area contributed by atoms with Crippen LogP contribution in [0.15, 0.2) is 29.3 Å². The number of oxazole rings is 1. The molecule has 1 aliphatic rings. The van der Waals surface area contributed by atoms with E-state index in [1.807, 2.05) is 20.2 Å². The van der Waals surface area contributed by atoms with Crippen LogP contribution in [0.4, 0.5) is 0 Å². The van der Waals surface area contributed by atoms with E-state index in [0.29, 0.717) is 12.4 Å². The predicted molar refractivity (Wildman–Crippen MR) is 78.9 cm³/mol. The molecule has 1 fully saturated rings. The Balaban J connectivity index is 1.82. The summed E-state index contributed by atoms with van der Waals surface area (Å²) < 4.78 is 5.12. The largest absolute Gasteiger partial charge is 0.438 e. The van der Waals surface area contributed by atoms with Gasteiger partial charge in [0.05, 0.1) is 17.9 Å². The number of rotatable bonds is 4. The van der Waals surface area contributed by atoms with E-state index in [1.54, 1.807) is 11.1 Å². The van der Waals surface area contributed by atoms with Gasteiger partial charge in [-0.1, -0.05) is 0 Å². The zero-order valence-corrected chi connectivity index (χ0v) is 12.8. The van der Waals surface area contributed by atoms with Crippen molar-refractivity contribution in [2.45, 2.75) is 25.4 Å². The molecule has 116 valence electrons. The molecule has 0 radical (unpaired) electrons. The second-order valence-corrected chi connectivity index (χ2v) is 5.67. The van der Waals surface area contributed by atoms with Gasteiger partial charge in [0.2, 0.25) is 5.76 Å². The normalized spacial score (nSPS) is 18.1.